The molecule has 0 aliphatic heterocycles. The van der Waals surface area contributed by atoms with E-state index in [9.17, 15) is 9.59 Å². The van der Waals surface area contributed by atoms with Crippen molar-refractivity contribution in [2.45, 2.75) is 26.8 Å². The van der Waals surface area contributed by atoms with Crippen LogP contribution in [0.2, 0.25) is 0 Å². The predicted octanol–water partition coefficient (Wildman–Crippen LogP) is 4.72. The minimum Gasteiger partial charge on any atom is -0.496 e. The molecule has 158 valence electrons. The van der Waals surface area contributed by atoms with Crippen molar-refractivity contribution in [3.8, 4) is 5.75 Å². The number of hydrogen-bond acceptors (Lipinski definition) is 3. The maximum atomic E-state index is 13.1. The van der Waals surface area contributed by atoms with E-state index in [1.807, 2.05) is 48.5 Å². The molecule has 0 fully saturated rings. The van der Waals surface area contributed by atoms with Crippen molar-refractivity contribution in [1.82, 2.24) is 4.57 Å². The second-order valence-corrected chi connectivity index (χ2v) is 8.21. The molecule has 0 saturated heterocycles. The highest BCUT2D eigenvalue weighted by Gasteiger charge is 2.29. The van der Waals surface area contributed by atoms with Gasteiger partial charge in [-0.3, -0.25) is 9.59 Å². The minimum absolute atomic E-state index is 0.274. The number of fused-ring (bicyclic) bond motifs is 3. The number of carbonyl (C=O) groups excluding carboxylic acids is 2. The van der Waals surface area contributed by atoms with Crippen LogP contribution < -0.4 is 10.5 Å². The maximum absolute atomic E-state index is 13.1. The molecule has 5 nitrogen and oxygen atoms in total. The van der Waals surface area contributed by atoms with Crippen LogP contribution in [0.5, 0.6) is 5.75 Å². The first-order chi connectivity index (χ1) is 14.9. The Balaban J connectivity index is 2.19. The van der Waals surface area contributed by atoms with Gasteiger partial charge in [-0.05, 0) is 29.4 Å². The van der Waals surface area contributed by atoms with Gasteiger partial charge in [0.2, 0.25) is 0 Å². The van der Waals surface area contributed by atoms with Crippen LogP contribution in [0.4, 0.5) is 0 Å². The molecule has 0 aliphatic rings. The Hall–Kier alpha value is -3.60. The van der Waals surface area contributed by atoms with Crippen LogP contribution in [0.25, 0.3) is 21.7 Å². The molecule has 31 heavy (non-hydrogen) atoms. The highest BCUT2D eigenvalue weighted by Crippen LogP contribution is 2.40. The molecule has 2 N–H and O–H groups in total. The van der Waals surface area contributed by atoms with Crippen LogP contribution in [0.15, 0.2) is 60.7 Å². The van der Waals surface area contributed by atoms with Crippen molar-refractivity contribution in [3.63, 3.8) is 0 Å². The standard InChI is InChI=1S/C26H26N2O3/c1-16(2)13-20-22(25(29)26(27)30)23-21(31-3)14-18-11-7-8-12-19(18)24(23)28(20)15-17-9-5-4-6-10-17/h4-12,14,16H,13,15H2,1-3H3,(H2,27,30). The smallest absolute Gasteiger partial charge is 0.289 e. The highest BCUT2D eigenvalue weighted by molar-refractivity contribution is 6.45. The molecular weight excluding hydrogens is 388 g/mol. The van der Waals surface area contributed by atoms with Gasteiger partial charge in [-0.2, -0.15) is 0 Å². The van der Waals surface area contributed by atoms with Crippen molar-refractivity contribution in [3.05, 3.63) is 77.5 Å². The van der Waals surface area contributed by atoms with Gasteiger partial charge in [-0.15, -0.1) is 0 Å². The lowest BCUT2D eigenvalue weighted by Gasteiger charge is -2.15. The SMILES string of the molecule is COc1cc2ccccc2c2c1c(C(=O)C(N)=O)c(CC(C)C)n2Cc1ccccc1. The summed E-state index contributed by atoms with van der Waals surface area (Å²) in [5.41, 5.74) is 8.65. The Morgan fingerprint density at radius 3 is 2.35 bits per heavy atom. The van der Waals surface area contributed by atoms with E-state index in [1.165, 1.54) is 0 Å². The zero-order valence-corrected chi connectivity index (χ0v) is 18.0. The quantitative estimate of drug-likeness (QED) is 0.351. The number of hydrogen-bond donors (Lipinski definition) is 1. The maximum Gasteiger partial charge on any atom is 0.289 e. The van der Waals surface area contributed by atoms with Crippen molar-refractivity contribution >= 4 is 33.4 Å². The van der Waals surface area contributed by atoms with Crippen molar-refractivity contribution in [2.24, 2.45) is 11.7 Å². The number of rotatable bonds is 7. The van der Waals surface area contributed by atoms with E-state index < -0.39 is 11.7 Å². The molecule has 0 saturated carbocycles. The van der Waals surface area contributed by atoms with E-state index in [4.69, 9.17) is 10.5 Å². The first-order valence-electron chi connectivity index (χ1n) is 10.4. The van der Waals surface area contributed by atoms with Crippen LogP contribution in [-0.2, 0) is 17.8 Å². The second-order valence-electron chi connectivity index (χ2n) is 8.21. The average Bonchev–Trinajstić information content (AvgIpc) is 3.06. The molecule has 0 bridgehead atoms. The van der Waals surface area contributed by atoms with Crippen molar-refractivity contribution in [1.29, 1.82) is 0 Å². The number of Topliss-reactive ketones (excluding diaryl/α,β-unsaturated/α-hetero) is 1. The topological polar surface area (TPSA) is 74.3 Å². The minimum atomic E-state index is -0.959. The molecule has 0 aliphatic carbocycles. The summed E-state index contributed by atoms with van der Waals surface area (Å²) in [6.45, 7) is 4.76. The van der Waals surface area contributed by atoms with Crippen molar-refractivity contribution in [2.75, 3.05) is 7.11 Å². The molecular formula is C26H26N2O3. The van der Waals surface area contributed by atoms with E-state index >= 15 is 0 Å². The number of nitrogens with zero attached hydrogens (tertiary/aromatic N) is 1. The molecule has 0 spiro atoms. The molecule has 1 aromatic heterocycles. The third-order valence-corrected chi connectivity index (χ3v) is 5.58. The average molecular weight is 415 g/mol. The van der Waals surface area contributed by atoms with Gasteiger partial charge >= 0.3 is 0 Å². The number of ketones is 1. The lowest BCUT2D eigenvalue weighted by molar-refractivity contribution is -0.114. The van der Waals surface area contributed by atoms with Gasteiger partial charge in [0, 0.05) is 17.6 Å². The van der Waals surface area contributed by atoms with Crippen LogP contribution >= 0.6 is 0 Å². The number of nitrogens with two attached hydrogens (primary N) is 1. The molecule has 1 heterocycles. The third kappa shape index (κ3) is 3.67. The normalized spacial score (nSPS) is 11.4. The van der Waals surface area contributed by atoms with Gasteiger partial charge in [0.15, 0.2) is 0 Å². The van der Waals surface area contributed by atoms with Crippen LogP contribution in [0, 0.1) is 5.92 Å². The number of carbonyl (C=O) groups is 2. The molecule has 0 radical (unpaired) electrons. The number of primary amides is 1. The van der Waals surface area contributed by atoms with Gasteiger partial charge in [-0.25, -0.2) is 0 Å². The molecule has 5 heteroatoms. The zero-order valence-electron chi connectivity index (χ0n) is 18.0. The fourth-order valence-corrected chi connectivity index (χ4v) is 4.31. The van der Waals surface area contributed by atoms with Crippen LogP contribution in [-0.4, -0.2) is 23.4 Å². The van der Waals surface area contributed by atoms with Crippen molar-refractivity contribution < 1.29 is 14.3 Å². The van der Waals surface area contributed by atoms with Gasteiger partial charge in [0.05, 0.1) is 23.6 Å². The number of benzene rings is 3. The second kappa shape index (κ2) is 8.26. The molecule has 4 rings (SSSR count). The number of amides is 1. The fraction of sp³-hybridized carbons (Fsp3) is 0.231. The molecule has 1 amide bonds. The lowest BCUT2D eigenvalue weighted by Crippen LogP contribution is -2.24. The Labute approximate surface area is 181 Å². The lowest BCUT2D eigenvalue weighted by atomic mass is 9.98. The summed E-state index contributed by atoms with van der Waals surface area (Å²) in [6.07, 6.45) is 0.632. The zero-order chi connectivity index (χ0) is 22.1. The Morgan fingerprint density at radius 1 is 1.03 bits per heavy atom. The Morgan fingerprint density at radius 2 is 1.71 bits per heavy atom. The van der Waals surface area contributed by atoms with Gasteiger partial charge in [0.25, 0.3) is 11.7 Å². The van der Waals surface area contributed by atoms with E-state index in [1.54, 1.807) is 7.11 Å². The van der Waals surface area contributed by atoms with Crippen LogP contribution in [0.1, 0.15) is 35.5 Å². The van der Waals surface area contributed by atoms with Crippen LogP contribution in [0.3, 0.4) is 0 Å². The summed E-state index contributed by atoms with van der Waals surface area (Å²) < 4.78 is 7.87. The molecule has 0 unspecified atom stereocenters. The van der Waals surface area contributed by atoms with E-state index in [0.717, 1.165) is 27.5 Å². The number of methoxy groups -OCH3 is 1. The first kappa shape index (κ1) is 20.7. The van der Waals surface area contributed by atoms with Gasteiger partial charge < -0.3 is 15.0 Å². The monoisotopic (exact) mass is 414 g/mol. The molecule has 4 aromatic rings. The van der Waals surface area contributed by atoms with Gasteiger partial charge in [-0.1, -0.05) is 68.4 Å². The summed E-state index contributed by atoms with van der Waals surface area (Å²) in [5.74, 6) is -0.800. The highest BCUT2D eigenvalue weighted by atomic mass is 16.5. The summed E-state index contributed by atoms with van der Waals surface area (Å²) >= 11 is 0. The first-order valence-corrected chi connectivity index (χ1v) is 10.4. The Bertz CT molecular complexity index is 1290. The predicted molar refractivity (Wildman–Crippen MR) is 124 cm³/mol. The number of aromatic nitrogens is 1. The fourth-order valence-electron chi connectivity index (χ4n) is 4.31. The summed E-state index contributed by atoms with van der Waals surface area (Å²) in [7, 11) is 1.58. The van der Waals surface area contributed by atoms with E-state index in [2.05, 4.69) is 30.5 Å². The number of ether oxygens (including phenoxy) is 1. The van der Waals surface area contributed by atoms with Gasteiger partial charge in [0.1, 0.15) is 5.75 Å². The summed E-state index contributed by atoms with van der Waals surface area (Å²) in [6, 6.07) is 20.0. The summed E-state index contributed by atoms with van der Waals surface area (Å²) in [5, 5.41) is 2.66. The van der Waals surface area contributed by atoms with E-state index in [-0.39, 0.29) is 5.92 Å². The summed E-state index contributed by atoms with van der Waals surface area (Å²) in [4.78, 5) is 25.1. The molecule has 0 atom stereocenters. The Kier molecular flexibility index (Phi) is 5.51. The largest absolute Gasteiger partial charge is 0.496 e. The molecule has 3 aromatic carbocycles. The van der Waals surface area contributed by atoms with E-state index in [0.29, 0.717) is 29.7 Å². The third-order valence-electron chi connectivity index (χ3n) is 5.58.